The number of aromatic carboxylic acids is 1. The molecule has 0 amide bonds. The number of carboxylic acid groups (broad SMARTS) is 1. The van der Waals surface area contributed by atoms with Gasteiger partial charge in [0.2, 0.25) is 0 Å². The predicted molar refractivity (Wildman–Crippen MR) is 136 cm³/mol. The highest BCUT2D eigenvalue weighted by Crippen LogP contribution is 2.43. The van der Waals surface area contributed by atoms with Crippen LogP contribution in [-0.4, -0.2) is 40.9 Å². The molecule has 0 spiro atoms. The van der Waals surface area contributed by atoms with Crippen molar-refractivity contribution in [3.05, 3.63) is 62.8 Å². The lowest BCUT2D eigenvalue weighted by molar-refractivity contribution is -0.165. The number of hydrogen-bond donors (Lipinski definition) is 1. The van der Waals surface area contributed by atoms with Crippen molar-refractivity contribution >= 4 is 22.7 Å². The Balaban J connectivity index is 2.19. The van der Waals surface area contributed by atoms with Crippen LogP contribution in [0.2, 0.25) is 0 Å². The molecule has 0 saturated heterocycles. The van der Waals surface area contributed by atoms with Crippen LogP contribution >= 0.6 is 0 Å². The van der Waals surface area contributed by atoms with Crippen LogP contribution in [0.15, 0.2) is 29.1 Å². The van der Waals surface area contributed by atoms with E-state index in [0.29, 0.717) is 35.1 Å². The van der Waals surface area contributed by atoms with Gasteiger partial charge in [-0.2, -0.15) is 0 Å². The number of aromatic nitrogens is 1. The molecular weight excluding hydrogens is 481 g/mol. The summed E-state index contributed by atoms with van der Waals surface area (Å²) in [5.41, 5.74) is 1.06. The van der Waals surface area contributed by atoms with Gasteiger partial charge in [0.25, 0.3) is 5.56 Å². The Kier molecular flexibility index (Phi) is 6.85. The van der Waals surface area contributed by atoms with Crippen LogP contribution in [0.5, 0.6) is 5.75 Å². The summed E-state index contributed by atoms with van der Waals surface area (Å²) in [6.45, 7) is 7.55. The first-order valence-corrected chi connectivity index (χ1v) is 12.0. The summed E-state index contributed by atoms with van der Waals surface area (Å²) < 4.78 is 33.4. The number of halogens is 1. The average Bonchev–Trinajstić information content (AvgIpc) is 2.85. The molecule has 2 heterocycles. The van der Waals surface area contributed by atoms with Crippen molar-refractivity contribution in [3.63, 3.8) is 0 Å². The van der Waals surface area contributed by atoms with Gasteiger partial charge in [0.05, 0.1) is 30.6 Å². The Labute approximate surface area is 213 Å². The van der Waals surface area contributed by atoms with Crippen LogP contribution in [-0.2, 0) is 27.7 Å². The number of carbonyl (C=O) groups is 2. The molecule has 0 unspecified atom stereocenters. The Morgan fingerprint density at radius 2 is 1.89 bits per heavy atom. The topological polar surface area (TPSA) is 104 Å². The number of esters is 1. The molecule has 1 aliphatic heterocycles. The number of pyridine rings is 1. The summed E-state index contributed by atoms with van der Waals surface area (Å²) in [4.78, 5) is 38.3. The van der Waals surface area contributed by atoms with Crippen LogP contribution in [0.4, 0.5) is 4.39 Å². The zero-order valence-electron chi connectivity index (χ0n) is 21.7. The zero-order valence-corrected chi connectivity index (χ0v) is 21.7. The van der Waals surface area contributed by atoms with Gasteiger partial charge < -0.3 is 23.9 Å². The van der Waals surface area contributed by atoms with Crippen molar-refractivity contribution < 1.29 is 33.3 Å². The van der Waals surface area contributed by atoms with Crippen molar-refractivity contribution in [3.8, 4) is 16.9 Å². The molecule has 0 bridgehead atoms. The summed E-state index contributed by atoms with van der Waals surface area (Å²) in [7, 11) is 2.70. The van der Waals surface area contributed by atoms with E-state index in [9.17, 15) is 19.5 Å². The maximum absolute atomic E-state index is 15.4. The van der Waals surface area contributed by atoms with E-state index in [1.165, 1.54) is 43.0 Å². The molecule has 1 aromatic heterocycles. The van der Waals surface area contributed by atoms with Crippen LogP contribution in [0.1, 0.15) is 60.5 Å². The molecule has 0 radical (unpaired) electrons. The number of methoxy groups -OCH3 is 1. The molecule has 9 heteroatoms. The molecule has 1 N–H and O–H groups in total. The first-order chi connectivity index (χ1) is 17.4. The Hall–Kier alpha value is -3.72. The summed E-state index contributed by atoms with van der Waals surface area (Å²) in [5.74, 6) is -2.28. The quantitative estimate of drug-likeness (QED) is 0.495. The van der Waals surface area contributed by atoms with Gasteiger partial charge in [-0.1, -0.05) is 6.07 Å². The minimum absolute atomic E-state index is 0.0690. The minimum Gasteiger partial charge on any atom is -0.490 e. The zero-order chi connectivity index (χ0) is 27.2. The third-order valence-corrected chi connectivity index (χ3v) is 6.53. The molecule has 0 aliphatic carbocycles. The third kappa shape index (κ3) is 4.71. The maximum Gasteiger partial charge on any atom is 0.341 e. The number of ether oxygens (including phenoxy) is 3. The van der Waals surface area contributed by atoms with E-state index in [0.717, 1.165) is 12.0 Å². The normalized spacial score (nSPS) is 14.1. The highest BCUT2D eigenvalue weighted by molar-refractivity contribution is 6.03. The van der Waals surface area contributed by atoms with Crippen molar-refractivity contribution in [2.24, 2.45) is 7.05 Å². The minimum atomic E-state index is -1.32. The number of benzene rings is 2. The molecule has 196 valence electrons. The van der Waals surface area contributed by atoms with E-state index in [-0.39, 0.29) is 22.4 Å². The molecule has 1 aliphatic rings. The lowest BCUT2D eigenvalue weighted by Crippen LogP contribution is -2.33. The predicted octanol–water partition coefficient (Wildman–Crippen LogP) is 4.71. The van der Waals surface area contributed by atoms with Gasteiger partial charge in [0.1, 0.15) is 0 Å². The first kappa shape index (κ1) is 26.3. The van der Waals surface area contributed by atoms with Crippen LogP contribution in [0.25, 0.3) is 21.9 Å². The van der Waals surface area contributed by atoms with E-state index >= 15 is 4.39 Å². The summed E-state index contributed by atoms with van der Waals surface area (Å²) in [5, 5.41) is 10.0. The fourth-order valence-corrected chi connectivity index (χ4v) is 4.85. The smallest absolute Gasteiger partial charge is 0.341 e. The van der Waals surface area contributed by atoms with Gasteiger partial charge in [0, 0.05) is 23.6 Å². The summed E-state index contributed by atoms with van der Waals surface area (Å²) >= 11 is 0. The fraction of sp³-hybridized carbons (Fsp3) is 0.393. The maximum atomic E-state index is 15.4. The molecule has 0 fully saturated rings. The van der Waals surface area contributed by atoms with Gasteiger partial charge in [-0.25, -0.2) is 14.0 Å². The Morgan fingerprint density at radius 3 is 2.51 bits per heavy atom. The number of hydrogen-bond acceptors (Lipinski definition) is 6. The second-order valence-corrected chi connectivity index (χ2v) is 10.1. The standard InChI is InChI=1S/C28H30FNO7/c1-14-16-8-7-11-36-23(16)20(29)13-18(14)21-17-10-9-15(26(32)33)12-19(17)25(31)30(5)22(21)24(27(34)35-6)37-28(2,3)4/h9-10,12-13,24H,7-8,11H2,1-6H3,(H,32,33)/t24-/m0/s1. The van der Waals surface area contributed by atoms with Crippen LogP contribution in [0.3, 0.4) is 0 Å². The molecule has 3 aromatic rings. The molecule has 37 heavy (non-hydrogen) atoms. The Bertz CT molecular complexity index is 1480. The van der Waals surface area contributed by atoms with Crippen molar-refractivity contribution in [2.45, 2.75) is 52.2 Å². The Morgan fingerprint density at radius 1 is 1.19 bits per heavy atom. The van der Waals surface area contributed by atoms with Crippen molar-refractivity contribution in [2.75, 3.05) is 13.7 Å². The number of rotatable bonds is 5. The van der Waals surface area contributed by atoms with Gasteiger partial charge in [-0.15, -0.1) is 0 Å². The largest absolute Gasteiger partial charge is 0.490 e. The highest BCUT2D eigenvalue weighted by atomic mass is 19.1. The molecule has 2 aromatic carbocycles. The highest BCUT2D eigenvalue weighted by Gasteiger charge is 2.35. The number of carbonyl (C=O) groups excluding carboxylic acids is 1. The van der Waals surface area contributed by atoms with Gasteiger partial charge >= 0.3 is 11.9 Å². The molecule has 4 rings (SSSR count). The average molecular weight is 512 g/mol. The number of nitrogens with zero attached hydrogens (tertiary/aromatic N) is 1. The van der Waals surface area contributed by atoms with E-state index in [1.54, 1.807) is 20.8 Å². The summed E-state index contributed by atoms with van der Waals surface area (Å²) in [6, 6.07) is 5.51. The van der Waals surface area contributed by atoms with E-state index in [4.69, 9.17) is 14.2 Å². The van der Waals surface area contributed by atoms with Gasteiger partial charge in [-0.3, -0.25) is 4.79 Å². The van der Waals surface area contributed by atoms with Crippen molar-refractivity contribution in [1.29, 1.82) is 0 Å². The van der Waals surface area contributed by atoms with E-state index in [1.807, 2.05) is 6.92 Å². The molecule has 1 atom stereocenters. The molecule has 8 nitrogen and oxygen atoms in total. The van der Waals surface area contributed by atoms with Crippen LogP contribution in [0, 0.1) is 12.7 Å². The van der Waals surface area contributed by atoms with Crippen molar-refractivity contribution in [1.82, 2.24) is 4.57 Å². The second kappa shape index (κ2) is 9.63. The summed E-state index contributed by atoms with van der Waals surface area (Å²) in [6.07, 6.45) is 0.000801. The van der Waals surface area contributed by atoms with Gasteiger partial charge in [0.15, 0.2) is 17.7 Å². The van der Waals surface area contributed by atoms with Crippen LogP contribution < -0.4 is 10.3 Å². The lowest BCUT2D eigenvalue weighted by atomic mass is 9.87. The first-order valence-electron chi connectivity index (χ1n) is 12.0. The fourth-order valence-electron chi connectivity index (χ4n) is 4.85. The van der Waals surface area contributed by atoms with E-state index < -0.39 is 35.0 Å². The lowest BCUT2D eigenvalue weighted by Gasteiger charge is -2.30. The number of fused-ring (bicyclic) bond motifs is 2. The van der Waals surface area contributed by atoms with E-state index in [2.05, 4.69) is 0 Å². The monoisotopic (exact) mass is 511 g/mol. The third-order valence-electron chi connectivity index (χ3n) is 6.53. The molecular formula is C28H30FNO7. The molecule has 0 saturated carbocycles. The number of carboxylic acids is 1. The van der Waals surface area contributed by atoms with Gasteiger partial charge in [-0.05, 0) is 75.2 Å². The second-order valence-electron chi connectivity index (χ2n) is 10.1. The SMILES string of the molecule is COC(=O)[C@@H](OC(C)(C)C)c1c(-c2cc(F)c3c(c2C)CCCO3)c2ccc(C(=O)O)cc2c(=O)n1C.